The number of halogens is 1. The minimum absolute atomic E-state index is 0.198. The van der Waals surface area contributed by atoms with Crippen molar-refractivity contribution in [2.24, 2.45) is 11.8 Å². The highest BCUT2D eigenvalue weighted by atomic mass is 79.9. The molecule has 1 saturated carbocycles. The fourth-order valence-electron chi connectivity index (χ4n) is 2.25. The zero-order valence-electron chi connectivity index (χ0n) is 10.7. The van der Waals surface area contributed by atoms with E-state index in [-0.39, 0.29) is 11.8 Å². The second-order valence-corrected chi connectivity index (χ2v) is 5.98. The predicted molar refractivity (Wildman–Crippen MR) is 77.9 cm³/mol. The molecule has 1 aromatic carbocycles. The second-order valence-electron chi connectivity index (χ2n) is 5.19. The second kappa shape index (κ2) is 6.37. The van der Waals surface area contributed by atoms with Crippen LogP contribution in [-0.2, 0) is 4.79 Å². The normalized spacial score (nSPS) is 23.4. The Morgan fingerprint density at radius 1 is 1.44 bits per heavy atom. The lowest BCUT2D eigenvalue weighted by molar-refractivity contribution is -0.122. The molecule has 98 valence electrons. The van der Waals surface area contributed by atoms with Crippen LogP contribution in [0.3, 0.4) is 0 Å². The Hall–Kier alpha value is -0.830. The third kappa shape index (κ3) is 3.58. The van der Waals surface area contributed by atoms with Crippen LogP contribution in [0.25, 0.3) is 0 Å². The number of benzene rings is 1. The van der Waals surface area contributed by atoms with Crippen molar-refractivity contribution in [1.29, 1.82) is 0 Å². The average Bonchev–Trinajstić information content (AvgIpc) is 3.18. The Labute approximate surface area is 117 Å². The lowest BCUT2D eigenvalue weighted by Gasteiger charge is -2.11. The standard InChI is InChI=1S/C15H20BrNO/c1-11(7-8-16)10-17-15(18)14-9-13(14)12-5-3-2-4-6-12/h2-6,11,13-14H,7-10H2,1H3,(H,17,18). The van der Waals surface area contributed by atoms with Crippen molar-refractivity contribution in [2.75, 3.05) is 11.9 Å². The molecule has 0 bridgehead atoms. The summed E-state index contributed by atoms with van der Waals surface area (Å²) in [6.45, 7) is 2.96. The maximum absolute atomic E-state index is 12.0. The Morgan fingerprint density at radius 3 is 2.83 bits per heavy atom. The largest absolute Gasteiger partial charge is 0.356 e. The molecule has 0 saturated heterocycles. The molecule has 1 aliphatic rings. The summed E-state index contributed by atoms with van der Waals surface area (Å²) in [4.78, 5) is 12.0. The van der Waals surface area contributed by atoms with E-state index in [1.54, 1.807) is 0 Å². The van der Waals surface area contributed by atoms with Crippen molar-refractivity contribution >= 4 is 21.8 Å². The van der Waals surface area contributed by atoms with Crippen LogP contribution in [-0.4, -0.2) is 17.8 Å². The van der Waals surface area contributed by atoms with E-state index in [2.05, 4.69) is 40.3 Å². The first kappa shape index (κ1) is 13.6. The van der Waals surface area contributed by atoms with Gasteiger partial charge in [0.1, 0.15) is 0 Å². The fraction of sp³-hybridized carbons (Fsp3) is 0.533. The van der Waals surface area contributed by atoms with Gasteiger partial charge in [0.05, 0.1) is 0 Å². The Kier molecular flexibility index (Phi) is 4.81. The molecule has 3 unspecified atom stereocenters. The van der Waals surface area contributed by atoms with E-state index in [0.29, 0.717) is 11.8 Å². The number of amides is 1. The molecule has 1 amide bonds. The van der Waals surface area contributed by atoms with E-state index < -0.39 is 0 Å². The van der Waals surface area contributed by atoms with Gasteiger partial charge in [-0.05, 0) is 30.2 Å². The molecule has 2 nitrogen and oxygen atoms in total. The van der Waals surface area contributed by atoms with Crippen molar-refractivity contribution in [3.05, 3.63) is 35.9 Å². The van der Waals surface area contributed by atoms with Crippen LogP contribution in [0, 0.1) is 11.8 Å². The number of carbonyl (C=O) groups excluding carboxylic acids is 1. The zero-order valence-corrected chi connectivity index (χ0v) is 12.3. The van der Waals surface area contributed by atoms with Gasteiger partial charge in [-0.25, -0.2) is 0 Å². The SMILES string of the molecule is CC(CCBr)CNC(=O)C1CC1c1ccccc1. The summed E-state index contributed by atoms with van der Waals surface area (Å²) in [5.41, 5.74) is 1.30. The summed E-state index contributed by atoms with van der Waals surface area (Å²) in [7, 11) is 0. The molecule has 2 rings (SSSR count). The summed E-state index contributed by atoms with van der Waals surface area (Å²) in [5, 5.41) is 4.07. The highest BCUT2D eigenvalue weighted by Crippen LogP contribution is 2.47. The first-order valence-corrected chi connectivity index (χ1v) is 7.73. The molecule has 0 spiro atoms. The van der Waals surface area contributed by atoms with E-state index in [1.807, 2.05) is 18.2 Å². The summed E-state index contributed by atoms with van der Waals surface area (Å²) >= 11 is 3.43. The molecular weight excluding hydrogens is 290 g/mol. The third-order valence-electron chi connectivity index (χ3n) is 3.58. The molecule has 1 N–H and O–H groups in total. The van der Waals surface area contributed by atoms with E-state index in [1.165, 1.54) is 5.56 Å². The molecule has 3 atom stereocenters. The zero-order chi connectivity index (χ0) is 13.0. The van der Waals surface area contributed by atoms with Gasteiger partial charge in [0.15, 0.2) is 0 Å². The molecule has 0 aliphatic heterocycles. The van der Waals surface area contributed by atoms with Gasteiger partial charge in [-0.15, -0.1) is 0 Å². The molecule has 1 aliphatic carbocycles. The number of hydrogen-bond acceptors (Lipinski definition) is 1. The van der Waals surface area contributed by atoms with Crippen LogP contribution in [0.2, 0.25) is 0 Å². The molecule has 0 aromatic heterocycles. The Bertz CT molecular complexity index is 393. The van der Waals surface area contributed by atoms with Gasteiger partial charge in [-0.1, -0.05) is 53.2 Å². The van der Waals surface area contributed by atoms with Crippen molar-refractivity contribution in [3.8, 4) is 0 Å². The van der Waals surface area contributed by atoms with Gasteiger partial charge in [0.25, 0.3) is 0 Å². The van der Waals surface area contributed by atoms with Crippen molar-refractivity contribution < 1.29 is 4.79 Å². The van der Waals surface area contributed by atoms with Crippen LogP contribution in [0.5, 0.6) is 0 Å². The quantitative estimate of drug-likeness (QED) is 0.802. The van der Waals surface area contributed by atoms with Crippen LogP contribution < -0.4 is 5.32 Å². The molecule has 0 radical (unpaired) electrons. The van der Waals surface area contributed by atoms with Crippen molar-refractivity contribution in [2.45, 2.75) is 25.7 Å². The van der Waals surface area contributed by atoms with E-state index in [9.17, 15) is 4.79 Å². The molecule has 1 aromatic rings. The maximum Gasteiger partial charge on any atom is 0.223 e. The van der Waals surface area contributed by atoms with Crippen molar-refractivity contribution in [1.82, 2.24) is 5.32 Å². The summed E-state index contributed by atoms with van der Waals surface area (Å²) < 4.78 is 0. The lowest BCUT2D eigenvalue weighted by atomic mass is 10.1. The van der Waals surface area contributed by atoms with Gasteiger partial charge in [-0.3, -0.25) is 4.79 Å². The number of hydrogen-bond donors (Lipinski definition) is 1. The molecule has 1 fully saturated rings. The predicted octanol–water partition coefficient (Wildman–Crippen LogP) is 3.33. The topological polar surface area (TPSA) is 29.1 Å². The van der Waals surface area contributed by atoms with Gasteiger partial charge >= 0.3 is 0 Å². The van der Waals surface area contributed by atoms with Crippen LogP contribution in [0.4, 0.5) is 0 Å². The minimum Gasteiger partial charge on any atom is -0.356 e. The summed E-state index contributed by atoms with van der Waals surface area (Å²) in [5.74, 6) is 1.41. The fourth-order valence-corrected chi connectivity index (χ4v) is 3.03. The van der Waals surface area contributed by atoms with Gasteiger partial charge < -0.3 is 5.32 Å². The molecule has 18 heavy (non-hydrogen) atoms. The highest BCUT2D eigenvalue weighted by molar-refractivity contribution is 9.09. The monoisotopic (exact) mass is 309 g/mol. The van der Waals surface area contributed by atoms with E-state index >= 15 is 0 Å². The highest BCUT2D eigenvalue weighted by Gasteiger charge is 2.43. The smallest absolute Gasteiger partial charge is 0.223 e. The maximum atomic E-state index is 12.0. The summed E-state index contributed by atoms with van der Waals surface area (Å²) in [6.07, 6.45) is 2.11. The van der Waals surface area contributed by atoms with Crippen LogP contribution in [0.15, 0.2) is 30.3 Å². The van der Waals surface area contributed by atoms with Crippen molar-refractivity contribution in [3.63, 3.8) is 0 Å². The van der Waals surface area contributed by atoms with Gasteiger partial charge in [0.2, 0.25) is 5.91 Å². The Balaban J connectivity index is 1.76. The van der Waals surface area contributed by atoms with E-state index in [0.717, 1.165) is 24.7 Å². The molecule has 3 heteroatoms. The van der Waals surface area contributed by atoms with E-state index in [4.69, 9.17) is 0 Å². The van der Waals surface area contributed by atoms with Gasteiger partial charge in [0, 0.05) is 17.8 Å². The summed E-state index contributed by atoms with van der Waals surface area (Å²) in [6, 6.07) is 10.3. The first-order chi connectivity index (χ1) is 8.72. The van der Waals surface area contributed by atoms with Crippen LogP contribution in [0.1, 0.15) is 31.2 Å². The number of carbonyl (C=O) groups is 1. The van der Waals surface area contributed by atoms with Crippen LogP contribution >= 0.6 is 15.9 Å². The minimum atomic E-state index is 0.198. The number of nitrogens with one attached hydrogen (secondary N) is 1. The Morgan fingerprint density at radius 2 is 2.17 bits per heavy atom. The lowest BCUT2D eigenvalue weighted by Crippen LogP contribution is -2.30. The molecule has 0 heterocycles. The number of rotatable bonds is 6. The first-order valence-electron chi connectivity index (χ1n) is 6.61. The molecular formula is C15H20BrNO. The third-order valence-corrected chi connectivity index (χ3v) is 4.04. The van der Waals surface area contributed by atoms with Gasteiger partial charge in [-0.2, -0.15) is 0 Å². The number of alkyl halides is 1. The average molecular weight is 310 g/mol.